The molecule has 0 bridgehead atoms. The van der Waals surface area contributed by atoms with Gasteiger partial charge < -0.3 is 25.6 Å². The van der Waals surface area contributed by atoms with Crippen molar-refractivity contribution in [2.24, 2.45) is 5.73 Å². The molecular weight excluding hydrogens is 212 g/mol. The number of rotatable bonds is 5. The summed E-state index contributed by atoms with van der Waals surface area (Å²) in [5.41, 5.74) is 5.46. The molecule has 0 spiro atoms. The summed E-state index contributed by atoms with van der Waals surface area (Å²) >= 11 is 0. The van der Waals surface area contributed by atoms with Crippen molar-refractivity contribution in [3.8, 4) is 0 Å². The SMILES string of the molecule is NC(CC[NH+]1C=C(C(=O)[O-])C=CC1)C(=O)O. The van der Waals surface area contributed by atoms with Crippen LogP contribution in [0.1, 0.15) is 6.42 Å². The van der Waals surface area contributed by atoms with Crippen LogP contribution in [0.2, 0.25) is 0 Å². The first kappa shape index (κ1) is 12.4. The number of nitrogens with one attached hydrogen (secondary N) is 1. The summed E-state index contributed by atoms with van der Waals surface area (Å²) in [5.74, 6) is -2.27. The van der Waals surface area contributed by atoms with Crippen molar-refractivity contribution < 1.29 is 24.7 Å². The van der Waals surface area contributed by atoms with Gasteiger partial charge in [-0.3, -0.25) is 4.79 Å². The second-order valence-corrected chi connectivity index (χ2v) is 3.64. The first-order valence-electron chi connectivity index (χ1n) is 4.93. The quantitative estimate of drug-likeness (QED) is 0.459. The molecule has 1 rings (SSSR count). The van der Waals surface area contributed by atoms with E-state index in [4.69, 9.17) is 10.8 Å². The highest BCUT2D eigenvalue weighted by atomic mass is 16.4. The Bertz CT molecular complexity index is 349. The summed E-state index contributed by atoms with van der Waals surface area (Å²) in [6.07, 6.45) is 5.02. The zero-order valence-corrected chi connectivity index (χ0v) is 8.68. The van der Waals surface area contributed by atoms with Gasteiger partial charge in [0, 0.05) is 6.42 Å². The second-order valence-electron chi connectivity index (χ2n) is 3.64. The van der Waals surface area contributed by atoms with Crippen molar-refractivity contribution in [2.45, 2.75) is 12.5 Å². The number of carboxylic acids is 2. The number of nitrogens with two attached hydrogens (primary N) is 1. The molecule has 4 N–H and O–H groups in total. The molecule has 16 heavy (non-hydrogen) atoms. The van der Waals surface area contributed by atoms with Crippen LogP contribution in [0.15, 0.2) is 23.9 Å². The number of aliphatic carboxylic acids is 2. The van der Waals surface area contributed by atoms with E-state index in [0.29, 0.717) is 19.5 Å². The number of quaternary nitrogens is 1. The lowest BCUT2D eigenvalue weighted by molar-refractivity contribution is -0.841. The minimum Gasteiger partial charge on any atom is -0.545 e. The summed E-state index contributed by atoms with van der Waals surface area (Å²) < 4.78 is 0. The molecule has 6 heteroatoms. The molecule has 1 heterocycles. The average molecular weight is 226 g/mol. The van der Waals surface area contributed by atoms with Crippen LogP contribution in [0.25, 0.3) is 0 Å². The minimum absolute atomic E-state index is 0.116. The van der Waals surface area contributed by atoms with Gasteiger partial charge in [0.15, 0.2) is 0 Å². The molecule has 0 aromatic rings. The standard InChI is InChI=1S/C10H14N2O4/c11-8(10(15)16)3-5-12-4-1-2-7(6-12)9(13)14/h1-2,6,8H,3-5,11H2,(H,13,14)(H,15,16). The summed E-state index contributed by atoms with van der Waals surface area (Å²) in [6, 6.07) is -0.904. The lowest BCUT2D eigenvalue weighted by Crippen LogP contribution is -3.08. The van der Waals surface area contributed by atoms with E-state index in [2.05, 4.69) is 0 Å². The van der Waals surface area contributed by atoms with Crippen LogP contribution in [-0.2, 0) is 9.59 Å². The van der Waals surface area contributed by atoms with Crippen molar-refractivity contribution in [3.05, 3.63) is 23.9 Å². The molecule has 0 aromatic carbocycles. The van der Waals surface area contributed by atoms with Crippen LogP contribution in [0.4, 0.5) is 0 Å². The summed E-state index contributed by atoms with van der Waals surface area (Å²) in [4.78, 5) is 21.9. The smallest absolute Gasteiger partial charge is 0.320 e. The summed E-state index contributed by atoms with van der Waals surface area (Å²) in [7, 11) is 0. The Morgan fingerprint density at radius 3 is 2.88 bits per heavy atom. The van der Waals surface area contributed by atoms with Crippen molar-refractivity contribution >= 4 is 11.9 Å². The van der Waals surface area contributed by atoms with Crippen molar-refractivity contribution in [1.82, 2.24) is 0 Å². The third-order valence-electron chi connectivity index (χ3n) is 2.37. The highest BCUT2D eigenvalue weighted by Crippen LogP contribution is 1.95. The third-order valence-corrected chi connectivity index (χ3v) is 2.37. The van der Waals surface area contributed by atoms with Gasteiger partial charge in [-0.1, -0.05) is 0 Å². The van der Waals surface area contributed by atoms with Crippen LogP contribution in [0.5, 0.6) is 0 Å². The number of hydrogen-bond donors (Lipinski definition) is 3. The molecule has 2 unspecified atom stereocenters. The number of hydrogen-bond acceptors (Lipinski definition) is 4. The zero-order valence-electron chi connectivity index (χ0n) is 8.68. The van der Waals surface area contributed by atoms with Crippen LogP contribution in [0.3, 0.4) is 0 Å². The van der Waals surface area contributed by atoms with Gasteiger partial charge in [-0.2, -0.15) is 0 Å². The maximum Gasteiger partial charge on any atom is 0.320 e. The van der Waals surface area contributed by atoms with Crippen molar-refractivity contribution in [1.29, 1.82) is 0 Å². The van der Waals surface area contributed by atoms with E-state index in [9.17, 15) is 14.7 Å². The molecule has 0 amide bonds. The van der Waals surface area contributed by atoms with E-state index in [0.717, 1.165) is 4.90 Å². The molecule has 1 aliphatic rings. The summed E-state index contributed by atoms with van der Waals surface area (Å²) in [6.45, 7) is 1.11. The normalized spacial score (nSPS) is 21.3. The second kappa shape index (κ2) is 5.43. The Morgan fingerprint density at radius 2 is 2.31 bits per heavy atom. The number of carbonyl (C=O) groups is 2. The molecule has 0 aliphatic carbocycles. The van der Waals surface area contributed by atoms with Gasteiger partial charge in [-0.25, -0.2) is 0 Å². The Hall–Kier alpha value is -1.66. The fourth-order valence-electron chi connectivity index (χ4n) is 1.43. The van der Waals surface area contributed by atoms with E-state index in [-0.39, 0.29) is 5.57 Å². The van der Waals surface area contributed by atoms with Gasteiger partial charge in [0.2, 0.25) is 0 Å². The van der Waals surface area contributed by atoms with E-state index >= 15 is 0 Å². The van der Waals surface area contributed by atoms with Gasteiger partial charge in [0.25, 0.3) is 0 Å². The minimum atomic E-state index is -1.23. The number of carboxylic acid groups (broad SMARTS) is 2. The van der Waals surface area contributed by atoms with Crippen LogP contribution in [-0.4, -0.2) is 36.2 Å². The maximum absolute atomic E-state index is 10.6. The Morgan fingerprint density at radius 1 is 1.62 bits per heavy atom. The molecule has 1 aliphatic heterocycles. The van der Waals surface area contributed by atoms with Crippen molar-refractivity contribution in [3.63, 3.8) is 0 Å². The largest absolute Gasteiger partial charge is 0.545 e. The van der Waals surface area contributed by atoms with Gasteiger partial charge in [0.05, 0.1) is 18.1 Å². The molecule has 2 atom stereocenters. The maximum atomic E-state index is 10.6. The zero-order chi connectivity index (χ0) is 12.1. The van der Waals surface area contributed by atoms with Gasteiger partial charge in [-0.15, -0.1) is 0 Å². The molecule has 0 fully saturated rings. The third kappa shape index (κ3) is 3.48. The monoisotopic (exact) mass is 226 g/mol. The van der Waals surface area contributed by atoms with Gasteiger partial charge in [-0.05, 0) is 12.2 Å². The molecule has 0 saturated heterocycles. The molecular formula is C10H14N2O4. The van der Waals surface area contributed by atoms with Crippen LogP contribution in [0, 0.1) is 0 Å². The van der Waals surface area contributed by atoms with Crippen molar-refractivity contribution in [2.75, 3.05) is 13.1 Å². The molecule has 0 radical (unpaired) electrons. The predicted molar refractivity (Wildman–Crippen MR) is 53.2 cm³/mol. The van der Waals surface area contributed by atoms with E-state index < -0.39 is 18.0 Å². The first-order chi connectivity index (χ1) is 7.50. The number of carbonyl (C=O) groups excluding carboxylic acids is 1. The Balaban J connectivity index is 2.48. The van der Waals surface area contributed by atoms with E-state index in [1.165, 1.54) is 12.3 Å². The predicted octanol–water partition coefficient (Wildman–Crippen LogP) is -3.12. The van der Waals surface area contributed by atoms with Crippen LogP contribution < -0.4 is 15.7 Å². The fourth-order valence-corrected chi connectivity index (χ4v) is 1.43. The molecule has 0 saturated carbocycles. The van der Waals surface area contributed by atoms with E-state index in [1.54, 1.807) is 6.08 Å². The molecule has 6 nitrogen and oxygen atoms in total. The highest BCUT2D eigenvalue weighted by molar-refractivity contribution is 5.87. The highest BCUT2D eigenvalue weighted by Gasteiger charge is 2.16. The topological polar surface area (TPSA) is 108 Å². The first-order valence-corrected chi connectivity index (χ1v) is 4.93. The lowest BCUT2D eigenvalue weighted by atomic mass is 10.1. The molecule has 88 valence electrons. The Labute approximate surface area is 92.6 Å². The Kier molecular flexibility index (Phi) is 4.21. The van der Waals surface area contributed by atoms with Crippen LogP contribution >= 0.6 is 0 Å². The van der Waals surface area contributed by atoms with Gasteiger partial charge >= 0.3 is 5.97 Å². The average Bonchev–Trinajstić information content (AvgIpc) is 2.26. The molecule has 0 aromatic heterocycles. The lowest BCUT2D eigenvalue weighted by Gasteiger charge is -2.19. The van der Waals surface area contributed by atoms with E-state index in [1.807, 2.05) is 0 Å². The van der Waals surface area contributed by atoms with Gasteiger partial charge in [0.1, 0.15) is 18.8 Å². The summed E-state index contributed by atoms with van der Waals surface area (Å²) in [5, 5.41) is 19.2. The fraction of sp³-hybridized carbons (Fsp3) is 0.400.